The third-order valence-corrected chi connectivity index (χ3v) is 5.52. The lowest BCUT2D eigenvalue weighted by atomic mass is 10.0. The number of rotatable bonds is 6. The number of nitrogens with zero attached hydrogens (tertiary/aromatic N) is 2. The largest absolute Gasteiger partial charge is 0.436 e. The molecule has 1 saturated carbocycles. The summed E-state index contributed by atoms with van der Waals surface area (Å²) in [7, 11) is 2.00. The molecule has 0 bridgehead atoms. The van der Waals surface area contributed by atoms with E-state index in [2.05, 4.69) is 48.5 Å². The highest BCUT2D eigenvalue weighted by Crippen LogP contribution is 2.32. The van der Waals surface area contributed by atoms with E-state index in [1.165, 1.54) is 43.2 Å². The Morgan fingerprint density at radius 2 is 1.87 bits per heavy atom. The standard InChI is InChI=1S/C22H21FN2O.C5H10/c1-15(2)25(4)21-14-18(11-10-16(21)3)17-7-5-8-19(13-17)26-22-20(23)9-6-12-24-22;1-2-5-3-4-5/h5-14H,1H2,2-4H3;5H,2-4H2,1H3. The van der Waals surface area contributed by atoms with Gasteiger partial charge in [-0.2, -0.15) is 0 Å². The second kappa shape index (κ2) is 10.3. The van der Waals surface area contributed by atoms with Crippen molar-refractivity contribution in [1.29, 1.82) is 0 Å². The molecule has 2 aromatic carbocycles. The van der Waals surface area contributed by atoms with Crippen molar-refractivity contribution in [1.82, 2.24) is 4.98 Å². The SMILES string of the molecule is C=C(C)N(C)c1cc(-c2cccc(Oc3ncccc3F)c2)ccc1C.CCC1CC1. The Morgan fingerprint density at radius 3 is 2.48 bits per heavy atom. The van der Waals surface area contributed by atoms with E-state index in [1.54, 1.807) is 6.07 Å². The smallest absolute Gasteiger partial charge is 0.255 e. The molecule has 0 radical (unpaired) electrons. The molecule has 0 spiro atoms. The first kappa shape index (κ1) is 22.5. The van der Waals surface area contributed by atoms with E-state index in [0.29, 0.717) is 5.75 Å². The molecule has 1 aromatic heterocycles. The topological polar surface area (TPSA) is 25.4 Å². The van der Waals surface area contributed by atoms with E-state index in [-0.39, 0.29) is 5.88 Å². The minimum absolute atomic E-state index is 0.0312. The van der Waals surface area contributed by atoms with Crippen molar-refractivity contribution in [3.63, 3.8) is 0 Å². The number of allylic oxidation sites excluding steroid dienone is 1. The zero-order valence-corrected chi connectivity index (χ0v) is 18.9. The van der Waals surface area contributed by atoms with Gasteiger partial charge in [0.2, 0.25) is 0 Å². The summed E-state index contributed by atoms with van der Waals surface area (Å²) >= 11 is 0. The molecule has 0 N–H and O–H groups in total. The molecule has 0 amide bonds. The lowest BCUT2D eigenvalue weighted by Gasteiger charge is -2.22. The summed E-state index contributed by atoms with van der Waals surface area (Å²) in [6.07, 6.45) is 5.94. The summed E-state index contributed by atoms with van der Waals surface area (Å²) in [4.78, 5) is 5.99. The summed E-state index contributed by atoms with van der Waals surface area (Å²) in [5.41, 5.74) is 5.26. The highest BCUT2D eigenvalue weighted by atomic mass is 19.1. The van der Waals surface area contributed by atoms with E-state index in [9.17, 15) is 4.39 Å². The summed E-state index contributed by atoms with van der Waals surface area (Å²) in [6.45, 7) is 10.3. The van der Waals surface area contributed by atoms with Crippen LogP contribution in [0.2, 0.25) is 0 Å². The first-order valence-electron chi connectivity index (χ1n) is 10.8. The molecular formula is C27H31FN2O. The van der Waals surface area contributed by atoms with Crippen molar-refractivity contribution < 1.29 is 9.13 Å². The van der Waals surface area contributed by atoms with Crippen molar-refractivity contribution in [3.05, 3.63) is 84.5 Å². The Morgan fingerprint density at radius 1 is 1.13 bits per heavy atom. The van der Waals surface area contributed by atoms with Gasteiger partial charge in [0.05, 0.1) is 0 Å². The number of aromatic nitrogens is 1. The molecule has 1 aliphatic rings. The monoisotopic (exact) mass is 418 g/mol. The Balaban J connectivity index is 0.000000478. The number of aryl methyl sites for hydroxylation is 1. The molecule has 162 valence electrons. The molecule has 3 aromatic rings. The van der Waals surface area contributed by atoms with Crippen LogP contribution in [0.15, 0.2) is 73.1 Å². The fraction of sp³-hybridized carbons (Fsp3) is 0.296. The number of hydrogen-bond acceptors (Lipinski definition) is 3. The number of hydrogen-bond donors (Lipinski definition) is 0. The average Bonchev–Trinajstić information content (AvgIpc) is 3.61. The molecular weight excluding hydrogens is 387 g/mol. The number of pyridine rings is 1. The fourth-order valence-corrected chi connectivity index (χ4v) is 3.18. The van der Waals surface area contributed by atoms with Gasteiger partial charge >= 0.3 is 0 Å². The molecule has 1 aliphatic carbocycles. The number of ether oxygens (including phenoxy) is 1. The van der Waals surface area contributed by atoms with Crippen molar-refractivity contribution in [2.45, 2.75) is 40.0 Å². The molecule has 1 heterocycles. The van der Waals surface area contributed by atoms with Gasteiger partial charge in [-0.3, -0.25) is 0 Å². The highest BCUT2D eigenvalue weighted by molar-refractivity contribution is 5.72. The molecule has 1 fully saturated rings. The molecule has 0 aliphatic heterocycles. The van der Waals surface area contributed by atoms with Gasteiger partial charge in [-0.05, 0) is 66.8 Å². The minimum Gasteiger partial charge on any atom is -0.436 e. The van der Waals surface area contributed by atoms with Crippen LogP contribution in [0, 0.1) is 18.7 Å². The second-order valence-corrected chi connectivity index (χ2v) is 8.07. The molecule has 31 heavy (non-hydrogen) atoms. The van der Waals surface area contributed by atoms with E-state index in [1.807, 2.05) is 32.2 Å². The maximum absolute atomic E-state index is 13.8. The minimum atomic E-state index is -0.487. The first-order chi connectivity index (χ1) is 14.9. The lowest BCUT2D eigenvalue weighted by Crippen LogP contribution is -2.14. The Bertz CT molecular complexity index is 1040. The normalized spacial score (nSPS) is 12.5. The predicted octanol–water partition coefficient (Wildman–Crippen LogP) is 7.76. The highest BCUT2D eigenvalue weighted by Gasteiger charge is 2.17. The van der Waals surface area contributed by atoms with Crippen LogP contribution in [0.1, 0.15) is 38.7 Å². The van der Waals surface area contributed by atoms with Gasteiger partial charge in [-0.25, -0.2) is 9.37 Å². The quantitative estimate of drug-likeness (QED) is 0.409. The van der Waals surface area contributed by atoms with Gasteiger partial charge in [0.25, 0.3) is 5.88 Å². The maximum atomic E-state index is 13.8. The first-order valence-corrected chi connectivity index (χ1v) is 10.8. The van der Waals surface area contributed by atoms with Crippen molar-refractivity contribution in [2.75, 3.05) is 11.9 Å². The fourth-order valence-electron chi connectivity index (χ4n) is 3.18. The van der Waals surface area contributed by atoms with E-state index in [4.69, 9.17) is 4.74 Å². The molecule has 4 rings (SSSR count). The summed E-state index contributed by atoms with van der Waals surface area (Å²) in [5, 5.41) is 0. The van der Waals surface area contributed by atoms with E-state index >= 15 is 0 Å². The Hall–Kier alpha value is -3.14. The second-order valence-electron chi connectivity index (χ2n) is 8.07. The van der Waals surface area contributed by atoms with Crippen LogP contribution >= 0.6 is 0 Å². The van der Waals surface area contributed by atoms with Gasteiger partial charge in [0.15, 0.2) is 5.82 Å². The van der Waals surface area contributed by atoms with Crippen LogP contribution in [0.25, 0.3) is 11.1 Å². The van der Waals surface area contributed by atoms with Crippen LogP contribution in [0.4, 0.5) is 10.1 Å². The number of benzene rings is 2. The van der Waals surface area contributed by atoms with Gasteiger partial charge in [-0.15, -0.1) is 0 Å². The maximum Gasteiger partial charge on any atom is 0.255 e. The van der Waals surface area contributed by atoms with Crippen LogP contribution in [-0.4, -0.2) is 12.0 Å². The number of halogens is 1. The Labute approximate surface area is 185 Å². The van der Waals surface area contributed by atoms with Gasteiger partial charge in [0, 0.05) is 24.6 Å². The van der Waals surface area contributed by atoms with Crippen LogP contribution in [0.5, 0.6) is 11.6 Å². The Kier molecular flexibility index (Phi) is 7.45. The number of anilines is 1. The predicted molar refractivity (Wildman–Crippen MR) is 127 cm³/mol. The zero-order valence-electron chi connectivity index (χ0n) is 18.9. The van der Waals surface area contributed by atoms with Crippen molar-refractivity contribution in [3.8, 4) is 22.8 Å². The molecule has 3 nitrogen and oxygen atoms in total. The third-order valence-electron chi connectivity index (χ3n) is 5.52. The van der Waals surface area contributed by atoms with E-state index < -0.39 is 5.82 Å². The van der Waals surface area contributed by atoms with Crippen LogP contribution in [-0.2, 0) is 0 Å². The molecule has 0 saturated heterocycles. The van der Waals surface area contributed by atoms with E-state index in [0.717, 1.165) is 28.4 Å². The van der Waals surface area contributed by atoms with Crippen LogP contribution in [0.3, 0.4) is 0 Å². The third kappa shape index (κ3) is 6.17. The summed E-state index contributed by atoms with van der Waals surface area (Å²) in [6, 6.07) is 16.7. The van der Waals surface area contributed by atoms with Gasteiger partial charge < -0.3 is 9.64 Å². The lowest BCUT2D eigenvalue weighted by molar-refractivity contribution is 0.423. The average molecular weight is 419 g/mol. The van der Waals surface area contributed by atoms with Gasteiger partial charge in [0.1, 0.15) is 5.75 Å². The summed E-state index contributed by atoms with van der Waals surface area (Å²) in [5.74, 6) is 1.15. The zero-order chi connectivity index (χ0) is 22.4. The van der Waals surface area contributed by atoms with Gasteiger partial charge in [-0.1, -0.05) is 57.0 Å². The summed E-state index contributed by atoms with van der Waals surface area (Å²) < 4.78 is 19.4. The molecule has 4 heteroatoms. The molecule has 0 atom stereocenters. The van der Waals surface area contributed by atoms with Crippen LogP contribution < -0.4 is 9.64 Å². The van der Waals surface area contributed by atoms with Crippen molar-refractivity contribution >= 4 is 5.69 Å². The van der Waals surface area contributed by atoms with Crippen molar-refractivity contribution in [2.24, 2.45) is 5.92 Å². The molecule has 0 unspecified atom stereocenters.